The number of hydrogen-bond donors (Lipinski definition) is 0. The van der Waals surface area contributed by atoms with Gasteiger partial charge in [0.1, 0.15) is 0 Å². The van der Waals surface area contributed by atoms with Crippen LogP contribution in [0.3, 0.4) is 0 Å². The number of nitriles is 1. The second kappa shape index (κ2) is 26.1. The Hall–Kier alpha value is 2.44. The van der Waals surface area contributed by atoms with Gasteiger partial charge in [-0.25, -0.2) is 5.26 Å². The minimum Gasteiger partial charge on any atom is -1.00 e. The molecule has 0 aliphatic rings. The summed E-state index contributed by atoms with van der Waals surface area (Å²) < 4.78 is 0. The van der Waals surface area contributed by atoms with Gasteiger partial charge in [-0.1, -0.05) is 5.40 Å². The van der Waals surface area contributed by atoms with E-state index < -0.39 is 0 Å². The first-order chi connectivity index (χ1) is 1.41. The predicted molar refractivity (Wildman–Crippen MR) is 13.0 cm³/mol. The maximum atomic E-state index is 7.13. The van der Waals surface area contributed by atoms with Gasteiger partial charge in [-0.2, -0.15) is 0 Å². The minimum atomic E-state index is 0. The Balaban J connectivity index is -0.00000000667. The average molecular weight is 231 g/mol. The quantitative estimate of drug-likeness (QED) is 0.179. The second-order valence-electron chi connectivity index (χ2n) is 0.0913. The van der Waals surface area contributed by atoms with Crippen molar-refractivity contribution in [2.75, 3.05) is 0 Å². The van der Waals surface area contributed by atoms with E-state index in [1.54, 1.807) is 0 Å². The maximum absolute atomic E-state index is 7.13. The summed E-state index contributed by atoms with van der Waals surface area (Å²) >= 11 is 3.70. The Morgan fingerprint density at radius 1 is 1.33 bits per heavy atom. The molecule has 24 valence electrons. The number of nitrogens with zero attached hydrogens (tertiary/aromatic N) is 1. The molecule has 0 unspecified atom stereocenters. The summed E-state index contributed by atoms with van der Waals surface area (Å²) in [4.78, 5) is 0. The molecule has 0 N–H and O–H groups in total. The van der Waals surface area contributed by atoms with Gasteiger partial charge in [-0.15, -0.1) is 0 Å². The van der Waals surface area contributed by atoms with Gasteiger partial charge in [0.05, 0.1) is 0 Å². The molecule has 5 heteroatoms. The number of hydrogen-bond acceptors (Lipinski definition) is 2. The summed E-state index contributed by atoms with van der Waals surface area (Å²) in [7, 11) is 0. The van der Waals surface area contributed by atoms with Crippen molar-refractivity contribution in [2.45, 2.75) is 0 Å². The molecule has 0 fully saturated rings. The predicted octanol–water partition coefficient (Wildman–Crippen LogP) is -8.97. The maximum Gasteiger partial charge on any atom is 1.00 e. The van der Waals surface area contributed by atoms with E-state index in [1.807, 2.05) is 0 Å². The average Bonchev–Trinajstić information content (AvgIpc) is 0.918. The molecule has 0 aliphatic heterocycles. The fourth-order valence-corrected chi connectivity index (χ4v) is 0. The van der Waals surface area contributed by atoms with Crippen molar-refractivity contribution in [3.63, 3.8) is 0 Å². The third-order valence-electron chi connectivity index (χ3n) is 0. The molecule has 0 rings (SSSR count). The van der Waals surface area contributed by atoms with E-state index >= 15 is 0 Å². The van der Waals surface area contributed by atoms with E-state index in [1.165, 1.54) is 5.40 Å². The second-order valence-corrected chi connectivity index (χ2v) is 0.274. The molecule has 0 saturated heterocycles. The monoisotopic (exact) mass is 231 g/mol. The smallest absolute Gasteiger partial charge is 1.00 e. The normalized spacial score (nSPS) is 1.17. The van der Waals surface area contributed by atoms with Gasteiger partial charge in [0.15, 0.2) is 0 Å². The van der Waals surface area contributed by atoms with Gasteiger partial charge in [0.25, 0.3) is 0 Å². The fourth-order valence-electron chi connectivity index (χ4n) is 0. The van der Waals surface area contributed by atoms with E-state index in [-0.39, 0.29) is 83.1 Å². The van der Waals surface area contributed by atoms with Crippen molar-refractivity contribution in [1.82, 2.24) is 0 Å². The van der Waals surface area contributed by atoms with Gasteiger partial charge in [-0.05, 0) is 0 Å². The molecule has 0 heterocycles. The van der Waals surface area contributed by atoms with Crippen LogP contribution in [0.15, 0.2) is 0 Å². The molecule has 0 radical (unpaired) electrons. The zero-order valence-electron chi connectivity index (χ0n) is 3.73. The molecule has 0 spiro atoms. The van der Waals surface area contributed by atoms with E-state index in [4.69, 9.17) is 5.26 Å². The topological polar surface area (TPSA) is 23.8 Å². The van der Waals surface area contributed by atoms with Crippen LogP contribution in [0.1, 0.15) is 0 Å². The zero-order valence-corrected chi connectivity index (χ0v) is 10.7. The molecule has 0 aromatic carbocycles. The molecule has 0 aromatic heterocycles. The fraction of sp³-hybridized carbons (Fsp3) is 0. The van der Waals surface area contributed by atoms with Gasteiger partial charge in [0.2, 0.25) is 0 Å². The van der Waals surface area contributed by atoms with Gasteiger partial charge in [0, 0.05) is 0 Å². The molecule has 0 amide bonds. The summed E-state index contributed by atoms with van der Waals surface area (Å²) in [6, 6.07) is 0. The molecule has 0 bridgehead atoms. The Labute approximate surface area is 104 Å². The largest absolute Gasteiger partial charge is 1.00 e. The van der Waals surface area contributed by atoms with Crippen LogP contribution in [0.25, 0.3) is 0 Å². The van der Waals surface area contributed by atoms with Crippen LogP contribution < -0.4 is 83.1 Å². The van der Waals surface area contributed by atoms with E-state index in [2.05, 4.69) is 12.6 Å². The summed E-state index contributed by atoms with van der Waals surface area (Å²) in [5, 5.41) is 8.47. The van der Waals surface area contributed by atoms with Crippen LogP contribution >= 0.6 is 0 Å². The molecular formula is CINNa2S. The van der Waals surface area contributed by atoms with Crippen molar-refractivity contribution in [2.24, 2.45) is 0 Å². The number of halogens is 1. The van der Waals surface area contributed by atoms with Crippen molar-refractivity contribution < 1.29 is 83.1 Å². The summed E-state index contributed by atoms with van der Waals surface area (Å²) in [5.41, 5.74) is 0. The van der Waals surface area contributed by atoms with Crippen molar-refractivity contribution in [3.8, 4) is 5.40 Å². The SMILES string of the molecule is N#C[S-].[I-].[Na+].[Na+]. The first-order valence-corrected chi connectivity index (χ1v) is 0.836. The first kappa shape index (κ1) is 23.7. The van der Waals surface area contributed by atoms with Gasteiger partial charge >= 0.3 is 59.1 Å². The Kier molecular flexibility index (Phi) is 103. The van der Waals surface area contributed by atoms with Crippen LogP contribution in [0, 0.1) is 10.7 Å². The van der Waals surface area contributed by atoms with E-state index in [0.717, 1.165) is 0 Å². The van der Waals surface area contributed by atoms with Crippen LogP contribution in [0.2, 0.25) is 0 Å². The number of rotatable bonds is 0. The molecule has 0 saturated carbocycles. The van der Waals surface area contributed by atoms with Gasteiger partial charge < -0.3 is 36.6 Å². The van der Waals surface area contributed by atoms with Crippen molar-refractivity contribution >= 4 is 12.6 Å². The van der Waals surface area contributed by atoms with Crippen molar-refractivity contribution in [1.29, 1.82) is 5.26 Å². The summed E-state index contributed by atoms with van der Waals surface area (Å²) in [5.74, 6) is 0. The molecule has 1 nitrogen and oxygen atoms in total. The third-order valence-corrected chi connectivity index (χ3v) is 0. The Morgan fingerprint density at radius 2 is 1.33 bits per heavy atom. The van der Waals surface area contributed by atoms with E-state index in [0.29, 0.717) is 0 Å². The number of thiocyanates is 1. The molecule has 6 heavy (non-hydrogen) atoms. The molecule has 0 aliphatic carbocycles. The standard InChI is InChI=1S/CHNS.HI.2Na/c2-1-3;;;/h3H;1H;;/q;;2*+1/p-2. The first-order valence-electron chi connectivity index (χ1n) is 0.428. The molecule has 0 aromatic rings. The third kappa shape index (κ3) is 32.0. The van der Waals surface area contributed by atoms with E-state index in [9.17, 15) is 0 Å². The summed E-state index contributed by atoms with van der Waals surface area (Å²) in [6.07, 6.45) is 0. The van der Waals surface area contributed by atoms with Gasteiger partial charge in [-0.3, -0.25) is 0 Å². The van der Waals surface area contributed by atoms with Crippen LogP contribution in [-0.2, 0) is 12.6 Å². The Bertz CT molecular complexity index is 35.0. The Morgan fingerprint density at radius 3 is 1.33 bits per heavy atom. The minimum absolute atomic E-state index is 0. The molecular weight excluding hydrogens is 231 g/mol. The van der Waals surface area contributed by atoms with Crippen LogP contribution in [-0.4, -0.2) is 0 Å². The zero-order chi connectivity index (χ0) is 2.71. The van der Waals surface area contributed by atoms with Crippen LogP contribution in [0.4, 0.5) is 0 Å². The van der Waals surface area contributed by atoms with Crippen molar-refractivity contribution in [3.05, 3.63) is 0 Å². The molecule has 0 atom stereocenters. The summed E-state index contributed by atoms with van der Waals surface area (Å²) in [6.45, 7) is 0. The van der Waals surface area contributed by atoms with Crippen LogP contribution in [0.5, 0.6) is 0 Å².